The summed E-state index contributed by atoms with van der Waals surface area (Å²) < 4.78 is 6.69. The highest BCUT2D eigenvalue weighted by molar-refractivity contribution is 9.10. The number of halogens is 1. The summed E-state index contributed by atoms with van der Waals surface area (Å²) in [6.07, 6.45) is 1.27. The lowest BCUT2D eigenvalue weighted by atomic mass is 10.1. The van der Waals surface area contributed by atoms with Crippen molar-refractivity contribution in [1.29, 1.82) is 0 Å². The molecule has 0 saturated carbocycles. The van der Waals surface area contributed by atoms with Gasteiger partial charge in [-0.2, -0.15) is 0 Å². The summed E-state index contributed by atoms with van der Waals surface area (Å²) in [5.41, 5.74) is 0.791. The molecule has 0 amide bonds. The number of benzene rings is 1. The number of ether oxygens (including phenoxy) is 1. The fourth-order valence-corrected chi connectivity index (χ4v) is 2.65. The lowest BCUT2D eigenvalue weighted by Crippen LogP contribution is -2.00. The molecule has 1 aromatic carbocycles. The van der Waals surface area contributed by atoms with E-state index in [1.165, 1.54) is 0 Å². The lowest BCUT2D eigenvalue weighted by Gasteiger charge is -2.13. The van der Waals surface area contributed by atoms with E-state index in [0.717, 1.165) is 19.9 Å². The third kappa shape index (κ3) is 3.31. The maximum Gasteiger partial charge on any atom is 0.126 e. The summed E-state index contributed by atoms with van der Waals surface area (Å²) in [7, 11) is 0. The molecule has 2 rings (SSSR count). The molecule has 0 aliphatic carbocycles. The smallest absolute Gasteiger partial charge is 0.126 e. The second-order valence-electron chi connectivity index (χ2n) is 3.99. The van der Waals surface area contributed by atoms with Crippen molar-refractivity contribution in [3.63, 3.8) is 0 Å². The molecule has 0 bridgehead atoms. The highest BCUT2D eigenvalue weighted by Gasteiger charge is 2.10. The van der Waals surface area contributed by atoms with Gasteiger partial charge in [-0.3, -0.25) is 0 Å². The van der Waals surface area contributed by atoms with Crippen LogP contribution in [0.2, 0.25) is 0 Å². The molecule has 0 spiro atoms. The van der Waals surface area contributed by atoms with Crippen molar-refractivity contribution in [2.45, 2.75) is 26.6 Å². The van der Waals surface area contributed by atoms with Gasteiger partial charge in [0, 0.05) is 16.2 Å². The van der Waals surface area contributed by atoms with Crippen LogP contribution in [-0.2, 0) is 6.61 Å². The van der Waals surface area contributed by atoms with E-state index >= 15 is 0 Å². The Morgan fingerprint density at radius 2 is 2.28 bits per heavy atom. The number of hydrogen-bond donors (Lipinski definition) is 1. The molecule has 0 fully saturated rings. The Bertz CT molecular complexity index is 540. The molecule has 96 valence electrons. The average molecular weight is 328 g/mol. The van der Waals surface area contributed by atoms with E-state index in [1.807, 2.05) is 31.3 Å². The van der Waals surface area contributed by atoms with Gasteiger partial charge in [-0.05, 0) is 26.0 Å². The van der Waals surface area contributed by atoms with E-state index in [2.05, 4.69) is 20.9 Å². The number of aliphatic hydroxyl groups excluding tert-OH is 1. The Morgan fingerprint density at radius 3 is 2.89 bits per heavy atom. The van der Waals surface area contributed by atoms with Gasteiger partial charge in [0.25, 0.3) is 0 Å². The fourth-order valence-electron chi connectivity index (χ4n) is 1.60. The summed E-state index contributed by atoms with van der Waals surface area (Å²) >= 11 is 5.02. The first-order chi connectivity index (χ1) is 8.56. The van der Waals surface area contributed by atoms with E-state index in [0.29, 0.717) is 12.4 Å². The number of nitrogens with zero attached hydrogens (tertiary/aromatic N) is 1. The highest BCUT2D eigenvalue weighted by atomic mass is 79.9. The van der Waals surface area contributed by atoms with E-state index in [4.69, 9.17) is 4.74 Å². The van der Waals surface area contributed by atoms with Gasteiger partial charge in [-0.15, -0.1) is 11.3 Å². The van der Waals surface area contributed by atoms with Crippen LogP contribution in [0.1, 0.15) is 28.5 Å². The number of aliphatic hydroxyl groups is 1. The van der Waals surface area contributed by atoms with Gasteiger partial charge < -0.3 is 9.84 Å². The maximum atomic E-state index is 9.69. The van der Waals surface area contributed by atoms with E-state index in [1.54, 1.807) is 18.3 Å². The number of aromatic nitrogens is 1. The van der Waals surface area contributed by atoms with Crippen molar-refractivity contribution in [2.24, 2.45) is 0 Å². The molecule has 1 aromatic heterocycles. The minimum atomic E-state index is -0.545. The molecule has 0 aliphatic rings. The third-order valence-electron chi connectivity index (χ3n) is 2.46. The molecule has 0 unspecified atom stereocenters. The Labute approximate surface area is 119 Å². The van der Waals surface area contributed by atoms with E-state index < -0.39 is 6.10 Å². The standard InChI is InChI=1S/C13H14BrNO2S/c1-8(16)12-4-3-10(14)5-13(12)17-7-11-6-15-9(2)18-11/h3-6,8,16H,7H2,1-2H3/t8-/m1/s1. The van der Waals surface area contributed by atoms with Crippen LogP contribution in [0.5, 0.6) is 5.75 Å². The zero-order chi connectivity index (χ0) is 13.1. The van der Waals surface area contributed by atoms with Gasteiger partial charge in [0.1, 0.15) is 12.4 Å². The van der Waals surface area contributed by atoms with Gasteiger partial charge in [0.2, 0.25) is 0 Å². The molecule has 18 heavy (non-hydrogen) atoms. The van der Waals surface area contributed by atoms with Crippen LogP contribution in [-0.4, -0.2) is 10.1 Å². The summed E-state index contributed by atoms with van der Waals surface area (Å²) in [5.74, 6) is 0.699. The van der Waals surface area contributed by atoms with E-state index in [-0.39, 0.29) is 0 Å². The van der Waals surface area contributed by atoms with Crippen molar-refractivity contribution in [2.75, 3.05) is 0 Å². The minimum Gasteiger partial charge on any atom is -0.488 e. The van der Waals surface area contributed by atoms with Crippen LogP contribution in [0.3, 0.4) is 0 Å². The Morgan fingerprint density at radius 1 is 1.50 bits per heavy atom. The van der Waals surface area contributed by atoms with Crippen LogP contribution in [0.15, 0.2) is 28.9 Å². The topological polar surface area (TPSA) is 42.4 Å². The predicted octanol–water partition coefficient (Wildman–Crippen LogP) is 3.85. The van der Waals surface area contributed by atoms with Gasteiger partial charge >= 0.3 is 0 Å². The van der Waals surface area contributed by atoms with Crippen molar-refractivity contribution in [3.05, 3.63) is 44.3 Å². The SMILES string of the molecule is Cc1ncc(COc2cc(Br)ccc2[C@@H](C)O)s1. The molecule has 2 aromatic rings. The van der Waals surface area contributed by atoms with Crippen molar-refractivity contribution in [1.82, 2.24) is 4.98 Å². The van der Waals surface area contributed by atoms with Crippen LogP contribution in [0.25, 0.3) is 0 Å². The van der Waals surface area contributed by atoms with Gasteiger partial charge in [-0.1, -0.05) is 22.0 Å². The molecule has 1 N–H and O–H groups in total. The maximum absolute atomic E-state index is 9.69. The van der Waals surface area contributed by atoms with Crippen molar-refractivity contribution < 1.29 is 9.84 Å². The van der Waals surface area contributed by atoms with Crippen molar-refractivity contribution >= 4 is 27.3 Å². The number of thiazole rings is 1. The van der Waals surface area contributed by atoms with Crippen LogP contribution < -0.4 is 4.74 Å². The second-order valence-corrected chi connectivity index (χ2v) is 6.23. The quantitative estimate of drug-likeness (QED) is 0.927. The molecule has 0 radical (unpaired) electrons. The number of aryl methyl sites for hydroxylation is 1. The first-order valence-electron chi connectivity index (χ1n) is 5.58. The second kappa shape index (κ2) is 5.82. The lowest BCUT2D eigenvalue weighted by molar-refractivity contribution is 0.190. The van der Waals surface area contributed by atoms with Crippen LogP contribution >= 0.6 is 27.3 Å². The molecular formula is C13H14BrNO2S. The summed E-state index contributed by atoms with van der Waals surface area (Å²) in [6, 6.07) is 5.63. The normalized spacial score (nSPS) is 12.4. The zero-order valence-electron chi connectivity index (χ0n) is 10.2. The van der Waals surface area contributed by atoms with Crippen LogP contribution in [0.4, 0.5) is 0 Å². The van der Waals surface area contributed by atoms with Gasteiger partial charge in [0.15, 0.2) is 0 Å². The Kier molecular flexibility index (Phi) is 4.37. The molecule has 0 saturated heterocycles. The minimum absolute atomic E-state index is 0.474. The monoisotopic (exact) mass is 327 g/mol. The largest absolute Gasteiger partial charge is 0.488 e. The van der Waals surface area contributed by atoms with Gasteiger partial charge in [-0.25, -0.2) is 4.98 Å². The highest BCUT2D eigenvalue weighted by Crippen LogP contribution is 2.29. The summed E-state index contributed by atoms with van der Waals surface area (Å²) in [5, 5.41) is 10.7. The zero-order valence-corrected chi connectivity index (χ0v) is 12.6. The first kappa shape index (κ1) is 13.5. The Balaban J connectivity index is 2.15. The first-order valence-corrected chi connectivity index (χ1v) is 7.19. The molecule has 5 heteroatoms. The number of rotatable bonds is 4. The van der Waals surface area contributed by atoms with Crippen molar-refractivity contribution in [3.8, 4) is 5.75 Å². The molecule has 3 nitrogen and oxygen atoms in total. The molecular weight excluding hydrogens is 314 g/mol. The fraction of sp³-hybridized carbons (Fsp3) is 0.308. The molecule has 1 atom stereocenters. The molecule has 0 aliphatic heterocycles. The van der Waals surface area contributed by atoms with Crippen LogP contribution in [0, 0.1) is 6.92 Å². The summed E-state index contributed by atoms with van der Waals surface area (Å²) in [4.78, 5) is 5.26. The van der Waals surface area contributed by atoms with E-state index in [9.17, 15) is 5.11 Å². The average Bonchev–Trinajstić information content (AvgIpc) is 2.72. The third-order valence-corrected chi connectivity index (χ3v) is 3.84. The van der Waals surface area contributed by atoms with Gasteiger partial charge in [0.05, 0.1) is 16.0 Å². The summed E-state index contributed by atoms with van der Waals surface area (Å²) in [6.45, 7) is 4.17. The number of hydrogen-bond acceptors (Lipinski definition) is 4. The molecule has 1 heterocycles. The Hall–Kier alpha value is -0.910. The predicted molar refractivity (Wildman–Crippen MR) is 76.0 cm³/mol.